The van der Waals surface area contributed by atoms with Crippen LogP contribution >= 0.6 is 0 Å². The Labute approximate surface area is 325 Å². The summed E-state index contributed by atoms with van der Waals surface area (Å²) >= 11 is 0. The van der Waals surface area contributed by atoms with Crippen LogP contribution in [0.1, 0.15) is 80.9 Å². The van der Waals surface area contributed by atoms with Crippen molar-refractivity contribution in [2.45, 2.75) is 96.9 Å². The molecule has 55 heavy (non-hydrogen) atoms. The number of unbranched alkanes of at least 4 members (excludes halogenated alkanes) is 1. The lowest BCUT2D eigenvalue weighted by Gasteiger charge is -2.26. The molecule has 1 aliphatic rings. The summed E-state index contributed by atoms with van der Waals surface area (Å²) in [5.74, 6) is 2.23. The average Bonchev–Trinajstić information content (AvgIpc) is 3.67. The number of amidine groups is 1. The summed E-state index contributed by atoms with van der Waals surface area (Å²) in [6.45, 7) is 11.1. The molecule has 1 amide bonds. The Morgan fingerprint density at radius 3 is 2.31 bits per heavy atom. The molecule has 1 aliphatic heterocycles. The largest absolute Gasteiger partial charge is 0.497 e. The molecule has 296 valence electrons. The maximum absolute atomic E-state index is 14.4. The van der Waals surface area contributed by atoms with Crippen LogP contribution in [0.15, 0.2) is 81.1 Å². The van der Waals surface area contributed by atoms with Crippen molar-refractivity contribution in [1.29, 1.82) is 0 Å². The standard InChI is InChI=1S/C42H54N4O8S/c1-8-11-16-39-43-42(9-2,23-24-53-27-32-17-20-35(51-7)21-18-32)41(47)45(39)26-33-19-22-36(34(25-33)28-52-10-3)37-14-12-13-15-38(37)55(48,49)46(29-50-6)40-30(4)31(5)54-44-40/h12-15,17-22,25H,8-11,16,23-24,26-29H2,1-7H3. The quantitative estimate of drug-likeness (QED) is 0.0610. The summed E-state index contributed by atoms with van der Waals surface area (Å²) in [6.07, 6.45) is 3.59. The minimum absolute atomic E-state index is 0.0300. The van der Waals surface area contributed by atoms with Gasteiger partial charge in [-0.1, -0.05) is 74.0 Å². The molecule has 0 aliphatic carbocycles. The minimum Gasteiger partial charge on any atom is -0.497 e. The van der Waals surface area contributed by atoms with E-state index in [1.165, 1.54) is 7.11 Å². The Balaban J connectivity index is 1.43. The van der Waals surface area contributed by atoms with Gasteiger partial charge in [0.2, 0.25) is 0 Å². The zero-order valence-electron chi connectivity index (χ0n) is 33.1. The number of carbonyl (C=O) groups excluding carboxylic acids is 1. The predicted octanol–water partition coefficient (Wildman–Crippen LogP) is 7.99. The molecule has 4 aromatic rings. The molecule has 0 N–H and O–H groups in total. The van der Waals surface area contributed by atoms with Crippen molar-refractivity contribution in [3.8, 4) is 16.9 Å². The van der Waals surface area contributed by atoms with E-state index >= 15 is 0 Å². The number of aliphatic imine (C=N–C) groups is 1. The van der Waals surface area contributed by atoms with Gasteiger partial charge >= 0.3 is 0 Å². The zero-order valence-corrected chi connectivity index (χ0v) is 33.9. The van der Waals surface area contributed by atoms with Gasteiger partial charge in [0, 0.05) is 44.3 Å². The molecule has 0 saturated heterocycles. The van der Waals surface area contributed by atoms with Crippen molar-refractivity contribution in [3.63, 3.8) is 0 Å². The van der Waals surface area contributed by atoms with Crippen LogP contribution in [-0.4, -0.2) is 69.9 Å². The maximum Gasteiger partial charge on any atom is 0.268 e. The maximum atomic E-state index is 14.4. The molecule has 0 saturated carbocycles. The molecule has 1 unspecified atom stereocenters. The van der Waals surface area contributed by atoms with Crippen molar-refractivity contribution in [2.24, 2.45) is 4.99 Å². The van der Waals surface area contributed by atoms with Crippen LogP contribution in [0.2, 0.25) is 0 Å². The third kappa shape index (κ3) is 9.29. The van der Waals surface area contributed by atoms with Gasteiger partial charge in [-0.2, -0.15) is 0 Å². The van der Waals surface area contributed by atoms with Gasteiger partial charge in [-0.15, -0.1) is 0 Å². The van der Waals surface area contributed by atoms with Crippen LogP contribution in [0.4, 0.5) is 5.82 Å². The van der Waals surface area contributed by atoms with Crippen LogP contribution in [0.3, 0.4) is 0 Å². The SMILES string of the molecule is CCCCC1=NC(CC)(CCOCc2ccc(OC)cc2)C(=O)N1Cc1ccc(-c2ccccc2S(=O)(=O)N(COC)c2noc(C)c2C)c(COCC)c1. The Hall–Kier alpha value is -4.56. The van der Waals surface area contributed by atoms with Crippen LogP contribution in [0.25, 0.3) is 11.1 Å². The lowest BCUT2D eigenvalue weighted by molar-refractivity contribution is -0.132. The van der Waals surface area contributed by atoms with Gasteiger partial charge in [0.15, 0.2) is 5.82 Å². The first kappa shape index (κ1) is 41.6. The Kier molecular flexibility index (Phi) is 14.3. The summed E-state index contributed by atoms with van der Waals surface area (Å²) in [6, 6.07) is 20.5. The number of benzene rings is 3. The van der Waals surface area contributed by atoms with Gasteiger partial charge in [0.25, 0.3) is 15.9 Å². The molecule has 12 nitrogen and oxygen atoms in total. The van der Waals surface area contributed by atoms with Gasteiger partial charge in [-0.05, 0) is 74.1 Å². The van der Waals surface area contributed by atoms with E-state index < -0.39 is 15.6 Å². The summed E-state index contributed by atoms with van der Waals surface area (Å²) < 4.78 is 57.8. The molecule has 1 aromatic heterocycles. The van der Waals surface area contributed by atoms with Crippen LogP contribution in [-0.2, 0) is 48.8 Å². The number of ether oxygens (including phenoxy) is 4. The fourth-order valence-electron chi connectivity index (χ4n) is 6.69. The molecule has 0 fully saturated rings. The minimum atomic E-state index is -4.18. The first-order valence-electron chi connectivity index (χ1n) is 18.9. The molecular weight excluding hydrogens is 721 g/mol. The fraction of sp³-hybridized carbons (Fsp3) is 0.452. The molecule has 0 radical (unpaired) electrons. The van der Waals surface area contributed by atoms with Gasteiger partial charge in [-0.3, -0.25) is 14.7 Å². The number of hydrogen-bond acceptors (Lipinski definition) is 10. The van der Waals surface area contributed by atoms with Gasteiger partial charge in [0.1, 0.15) is 29.6 Å². The Bertz CT molecular complexity index is 2050. The number of rotatable bonds is 21. The number of nitrogens with zero attached hydrogens (tertiary/aromatic N) is 4. The number of aromatic nitrogens is 1. The highest BCUT2D eigenvalue weighted by Crippen LogP contribution is 2.37. The number of hydrogen-bond donors (Lipinski definition) is 0. The van der Waals surface area contributed by atoms with Crippen molar-refractivity contribution in [1.82, 2.24) is 10.1 Å². The third-order valence-electron chi connectivity index (χ3n) is 10.1. The zero-order chi connectivity index (χ0) is 39.6. The highest BCUT2D eigenvalue weighted by molar-refractivity contribution is 7.93. The highest BCUT2D eigenvalue weighted by Gasteiger charge is 2.46. The summed E-state index contributed by atoms with van der Waals surface area (Å²) in [4.78, 5) is 21.4. The molecule has 0 spiro atoms. The molecular formula is C42H54N4O8S. The number of methoxy groups -OCH3 is 2. The van der Waals surface area contributed by atoms with Crippen molar-refractivity contribution in [3.05, 3.63) is 94.7 Å². The lowest BCUT2D eigenvalue weighted by Crippen LogP contribution is -2.42. The van der Waals surface area contributed by atoms with Crippen molar-refractivity contribution < 1.29 is 36.7 Å². The lowest BCUT2D eigenvalue weighted by atomic mass is 9.92. The van der Waals surface area contributed by atoms with Crippen molar-refractivity contribution in [2.75, 3.05) is 38.5 Å². The first-order chi connectivity index (χ1) is 26.5. The van der Waals surface area contributed by atoms with E-state index in [1.54, 1.807) is 39.2 Å². The van der Waals surface area contributed by atoms with Crippen molar-refractivity contribution >= 4 is 27.6 Å². The van der Waals surface area contributed by atoms with Gasteiger partial charge < -0.3 is 23.5 Å². The molecule has 5 rings (SSSR count). The normalized spacial score (nSPS) is 15.8. The van der Waals surface area contributed by atoms with Crippen LogP contribution in [0.5, 0.6) is 5.75 Å². The molecule has 1 atom stereocenters. The second kappa shape index (κ2) is 18.9. The summed E-state index contributed by atoms with van der Waals surface area (Å²) in [7, 11) is -1.11. The van der Waals surface area contributed by atoms with E-state index in [2.05, 4.69) is 12.1 Å². The first-order valence-corrected chi connectivity index (χ1v) is 20.3. The predicted molar refractivity (Wildman–Crippen MR) is 213 cm³/mol. The smallest absolute Gasteiger partial charge is 0.268 e. The summed E-state index contributed by atoms with van der Waals surface area (Å²) in [5.41, 5.74) is 3.60. The highest BCUT2D eigenvalue weighted by atomic mass is 32.2. The Morgan fingerprint density at radius 1 is 0.909 bits per heavy atom. The van der Waals surface area contributed by atoms with E-state index in [9.17, 15) is 13.2 Å². The Morgan fingerprint density at radius 2 is 1.65 bits per heavy atom. The number of sulfonamides is 1. The third-order valence-corrected chi connectivity index (χ3v) is 11.8. The van der Waals surface area contributed by atoms with E-state index in [4.69, 9.17) is 28.5 Å². The van der Waals surface area contributed by atoms with Gasteiger partial charge in [-0.25, -0.2) is 12.7 Å². The number of aryl methyl sites for hydroxylation is 1. The number of amides is 1. The van der Waals surface area contributed by atoms with Gasteiger partial charge in [0.05, 0.1) is 31.8 Å². The monoisotopic (exact) mass is 774 g/mol. The second-order valence-corrected chi connectivity index (χ2v) is 15.5. The second-order valence-electron chi connectivity index (χ2n) is 13.6. The molecule has 3 aromatic carbocycles. The number of carbonyl (C=O) groups is 1. The van der Waals surface area contributed by atoms with E-state index in [-0.39, 0.29) is 30.0 Å². The average molecular weight is 775 g/mol. The molecule has 13 heteroatoms. The van der Waals surface area contributed by atoms with E-state index in [0.717, 1.165) is 45.4 Å². The fourth-order valence-corrected chi connectivity index (χ4v) is 8.28. The number of anilines is 1. The van der Waals surface area contributed by atoms with Crippen LogP contribution < -0.4 is 9.04 Å². The topological polar surface area (TPSA) is 133 Å². The molecule has 0 bridgehead atoms. The molecule has 2 heterocycles. The van der Waals surface area contributed by atoms with E-state index in [0.29, 0.717) is 68.1 Å². The van der Waals surface area contributed by atoms with Crippen LogP contribution in [0, 0.1) is 13.8 Å². The summed E-state index contributed by atoms with van der Waals surface area (Å²) in [5, 5.41) is 4.05. The van der Waals surface area contributed by atoms with E-state index in [1.807, 2.05) is 67.3 Å².